The minimum Gasteiger partial charge on any atom is -0.481 e. The van der Waals surface area contributed by atoms with E-state index >= 15 is 0 Å². The molecule has 2 atom stereocenters. The molecule has 0 saturated carbocycles. The van der Waals surface area contributed by atoms with E-state index in [9.17, 15) is 22.8 Å². The van der Waals surface area contributed by atoms with Gasteiger partial charge in [0, 0.05) is 18.8 Å². The van der Waals surface area contributed by atoms with Crippen LogP contribution < -0.4 is 5.32 Å². The number of alkyl halides is 3. The smallest absolute Gasteiger partial charge is 0.393 e. The summed E-state index contributed by atoms with van der Waals surface area (Å²) in [6.07, 6.45) is -4.60. The van der Waals surface area contributed by atoms with E-state index < -0.39 is 36.4 Å². The molecule has 0 spiro atoms. The number of halogens is 3. The number of nitrogens with zero attached hydrogens (tertiary/aromatic N) is 1. The van der Waals surface area contributed by atoms with Crippen molar-refractivity contribution in [3.63, 3.8) is 0 Å². The number of anilines is 1. The summed E-state index contributed by atoms with van der Waals surface area (Å²) in [6.45, 7) is 5.11. The van der Waals surface area contributed by atoms with Crippen molar-refractivity contribution in [3.8, 4) is 0 Å². The number of rotatable bonds is 4. The van der Waals surface area contributed by atoms with Gasteiger partial charge in [0.2, 0.25) is 5.91 Å². The number of aliphatic carboxylic acids is 1. The van der Waals surface area contributed by atoms with E-state index in [1.807, 2.05) is 12.1 Å². The van der Waals surface area contributed by atoms with E-state index in [1.165, 1.54) is 4.90 Å². The lowest BCUT2D eigenvalue weighted by atomic mass is 9.87. The molecule has 0 bridgehead atoms. The lowest BCUT2D eigenvalue weighted by molar-refractivity contribution is -0.188. The Kier molecular flexibility index (Phi) is 5.65. The average Bonchev–Trinajstić information content (AvgIpc) is 2.91. The van der Waals surface area contributed by atoms with Crippen LogP contribution in [0.2, 0.25) is 0 Å². The molecular weight excluding hydrogens is 349 g/mol. The topological polar surface area (TPSA) is 69.6 Å². The fraction of sp³-hybridized carbons (Fsp3) is 0.556. The molecule has 0 unspecified atom stereocenters. The number of benzene rings is 1. The normalized spacial score (nSPS) is 21.6. The lowest BCUT2D eigenvalue weighted by Gasteiger charge is -2.20. The first-order valence-corrected chi connectivity index (χ1v) is 8.30. The fourth-order valence-corrected chi connectivity index (χ4v) is 3.05. The highest BCUT2D eigenvalue weighted by molar-refractivity contribution is 5.92. The predicted molar refractivity (Wildman–Crippen MR) is 90.9 cm³/mol. The van der Waals surface area contributed by atoms with Crippen molar-refractivity contribution in [2.75, 3.05) is 25.0 Å². The summed E-state index contributed by atoms with van der Waals surface area (Å²) in [5, 5.41) is 11.6. The molecule has 1 aliphatic rings. The molecule has 1 saturated heterocycles. The monoisotopic (exact) mass is 372 g/mol. The van der Waals surface area contributed by atoms with Crippen LogP contribution in [-0.4, -0.2) is 47.7 Å². The quantitative estimate of drug-likeness (QED) is 0.852. The number of likely N-dealkylation sites (tertiary alicyclic amines) is 1. The number of hydrogen-bond donors (Lipinski definition) is 2. The van der Waals surface area contributed by atoms with Crippen molar-refractivity contribution in [2.45, 2.75) is 32.4 Å². The van der Waals surface area contributed by atoms with E-state index in [0.29, 0.717) is 5.69 Å². The Balaban J connectivity index is 1.97. The van der Waals surface area contributed by atoms with Gasteiger partial charge < -0.3 is 10.4 Å². The molecule has 1 heterocycles. The van der Waals surface area contributed by atoms with Crippen LogP contribution in [0.4, 0.5) is 18.9 Å². The lowest BCUT2D eigenvalue weighted by Crippen LogP contribution is -2.34. The Bertz CT molecular complexity index is 666. The zero-order valence-corrected chi connectivity index (χ0v) is 14.9. The number of carbonyl (C=O) groups excluding carboxylic acids is 1. The summed E-state index contributed by atoms with van der Waals surface area (Å²) in [6, 6.07) is 7.24. The second kappa shape index (κ2) is 7.26. The number of nitrogens with one attached hydrogen (secondary N) is 1. The molecule has 8 heteroatoms. The SMILES string of the molecule is CC(C)(C)c1ccc(NC(=O)CN2C[C@@H](C(F)(F)F)[C@H](C(=O)O)C2)cc1. The van der Waals surface area contributed by atoms with Gasteiger partial charge in [-0.15, -0.1) is 0 Å². The third-order valence-corrected chi connectivity index (χ3v) is 4.54. The molecule has 5 nitrogen and oxygen atoms in total. The molecule has 144 valence electrons. The van der Waals surface area contributed by atoms with E-state index in [1.54, 1.807) is 12.1 Å². The Hall–Kier alpha value is -2.09. The maximum absolute atomic E-state index is 13.0. The Morgan fingerprint density at radius 3 is 2.15 bits per heavy atom. The third kappa shape index (κ3) is 4.97. The summed E-state index contributed by atoms with van der Waals surface area (Å²) < 4.78 is 38.9. The van der Waals surface area contributed by atoms with Crippen molar-refractivity contribution in [1.29, 1.82) is 0 Å². The minimum atomic E-state index is -4.60. The standard InChI is InChI=1S/C18H23F3N2O3/c1-17(2,3)11-4-6-12(7-5-11)22-15(24)10-23-8-13(16(25)26)14(9-23)18(19,20)21/h4-7,13-14H,8-10H2,1-3H3,(H,22,24)(H,25,26)/t13-,14-/m1/s1. The number of amides is 1. The van der Waals surface area contributed by atoms with Crippen molar-refractivity contribution < 1.29 is 27.9 Å². The first-order chi connectivity index (χ1) is 11.9. The molecule has 1 aliphatic heterocycles. The molecule has 1 amide bonds. The first-order valence-electron chi connectivity index (χ1n) is 8.30. The van der Waals surface area contributed by atoms with Gasteiger partial charge >= 0.3 is 12.1 Å². The van der Waals surface area contributed by atoms with Gasteiger partial charge in [0.15, 0.2) is 0 Å². The summed E-state index contributed by atoms with van der Waals surface area (Å²) in [5.41, 5.74) is 1.60. The molecule has 0 aliphatic carbocycles. The van der Waals surface area contributed by atoms with Gasteiger partial charge in [-0.1, -0.05) is 32.9 Å². The van der Waals surface area contributed by atoms with Crippen molar-refractivity contribution in [1.82, 2.24) is 4.90 Å². The van der Waals surface area contributed by atoms with Crippen LogP contribution in [0.15, 0.2) is 24.3 Å². The molecular formula is C18H23F3N2O3. The van der Waals surface area contributed by atoms with E-state index in [4.69, 9.17) is 5.11 Å². The van der Waals surface area contributed by atoms with Gasteiger partial charge in [-0.25, -0.2) is 0 Å². The second-order valence-corrected chi connectivity index (χ2v) is 7.66. The summed E-state index contributed by atoms with van der Waals surface area (Å²) in [7, 11) is 0. The van der Waals surface area contributed by atoms with Crippen molar-refractivity contribution >= 4 is 17.6 Å². The van der Waals surface area contributed by atoms with Crippen LogP contribution in [-0.2, 0) is 15.0 Å². The van der Waals surface area contributed by atoms with Gasteiger partial charge in [0.05, 0.1) is 18.4 Å². The fourth-order valence-electron chi connectivity index (χ4n) is 3.05. The number of hydrogen-bond acceptors (Lipinski definition) is 3. The van der Waals surface area contributed by atoms with E-state index in [2.05, 4.69) is 26.1 Å². The highest BCUT2D eigenvalue weighted by Gasteiger charge is 2.52. The highest BCUT2D eigenvalue weighted by atomic mass is 19.4. The molecule has 1 aromatic carbocycles. The van der Waals surface area contributed by atoms with Gasteiger partial charge in [0.25, 0.3) is 0 Å². The third-order valence-electron chi connectivity index (χ3n) is 4.54. The largest absolute Gasteiger partial charge is 0.481 e. The van der Waals surface area contributed by atoms with E-state index in [-0.39, 0.29) is 18.5 Å². The molecule has 2 rings (SSSR count). The zero-order chi connectivity index (χ0) is 19.7. The van der Waals surface area contributed by atoms with Crippen molar-refractivity contribution in [2.24, 2.45) is 11.8 Å². The molecule has 26 heavy (non-hydrogen) atoms. The number of carboxylic acids is 1. The van der Waals surface area contributed by atoms with Crippen LogP contribution in [0.3, 0.4) is 0 Å². The Morgan fingerprint density at radius 2 is 1.73 bits per heavy atom. The first kappa shape index (κ1) is 20.2. The Morgan fingerprint density at radius 1 is 1.15 bits per heavy atom. The van der Waals surface area contributed by atoms with Gasteiger partial charge in [0.1, 0.15) is 0 Å². The minimum absolute atomic E-state index is 0.0312. The summed E-state index contributed by atoms with van der Waals surface area (Å²) in [5.74, 6) is -5.47. The highest BCUT2D eigenvalue weighted by Crippen LogP contribution is 2.37. The average molecular weight is 372 g/mol. The maximum Gasteiger partial charge on any atom is 0.393 e. The van der Waals surface area contributed by atoms with Gasteiger partial charge in [-0.05, 0) is 23.1 Å². The zero-order valence-electron chi connectivity index (χ0n) is 14.9. The van der Waals surface area contributed by atoms with Crippen LogP contribution in [0, 0.1) is 11.8 Å². The van der Waals surface area contributed by atoms with Crippen LogP contribution in [0.25, 0.3) is 0 Å². The van der Waals surface area contributed by atoms with Crippen LogP contribution in [0.5, 0.6) is 0 Å². The van der Waals surface area contributed by atoms with Crippen molar-refractivity contribution in [3.05, 3.63) is 29.8 Å². The van der Waals surface area contributed by atoms with Crippen LogP contribution in [0.1, 0.15) is 26.3 Å². The van der Waals surface area contributed by atoms with E-state index in [0.717, 1.165) is 5.56 Å². The summed E-state index contributed by atoms with van der Waals surface area (Å²) in [4.78, 5) is 24.4. The van der Waals surface area contributed by atoms with Gasteiger partial charge in [-0.3, -0.25) is 14.5 Å². The molecule has 2 N–H and O–H groups in total. The molecule has 0 aromatic heterocycles. The summed E-state index contributed by atoms with van der Waals surface area (Å²) >= 11 is 0. The molecule has 0 radical (unpaired) electrons. The number of carboxylic acid groups (broad SMARTS) is 1. The second-order valence-electron chi connectivity index (χ2n) is 7.66. The maximum atomic E-state index is 13.0. The molecule has 1 fully saturated rings. The predicted octanol–water partition coefficient (Wildman–Crippen LogP) is 3.12. The Labute approximate surface area is 150 Å². The van der Waals surface area contributed by atoms with Gasteiger partial charge in [-0.2, -0.15) is 13.2 Å². The van der Waals surface area contributed by atoms with Crippen LogP contribution >= 0.6 is 0 Å². The molecule has 1 aromatic rings. The number of carbonyl (C=O) groups is 2.